The summed E-state index contributed by atoms with van der Waals surface area (Å²) in [4.78, 5) is 14.4. The van der Waals surface area contributed by atoms with Crippen LogP contribution in [0.1, 0.15) is 12.0 Å². The molecule has 1 aromatic rings. The van der Waals surface area contributed by atoms with Crippen LogP contribution in [0, 0.1) is 0 Å². The number of amides is 1. The summed E-state index contributed by atoms with van der Waals surface area (Å²) in [5, 5.41) is 0. The smallest absolute Gasteiger partial charge is 0.242 e. The summed E-state index contributed by atoms with van der Waals surface area (Å²) in [5.74, 6) is -0.0525. The summed E-state index contributed by atoms with van der Waals surface area (Å²) >= 11 is 0. The molecule has 1 saturated heterocycles. The zero-order valence-electron chi connectivity index (χ0n) is 12.5. The van der Waals surface area contributed by atoms with Crippen molar-refractivity contribution in [3.05, 3.63) is 35.9 Å². The van der Waals surface area contributed by atoms with Crippen molar-refractivity contribution < 1.29 is 14.3 Å². The topological polar surface area (TPSA) is 64.8 Å². The first-order chi connectivity index (χ1) is 10.2. The van der Waals surface area contributed by atoms with Gasteiger partial charge in [-0.1, -0.05) is 30.3 Å². The number of rotatable bonds is 7. The maximum absolute atomic E-state index is 12.5. The number of nitrogens with zero attached hydrogens (tertiary/aromatic N) is 1. The molecule has 116 valence electrons. The van der Waals surface area contributed by atoms with Crippen LogP contribution in [0.25, 0.3) is 0 Å². The van der Waals surface area contributed by atoms with Gasteiger partial charge in [0.2, 0.25) is 5.91 Å². The van der Waals surface area contributed by atoms with E-state index in [1.54, 1.807) is 7.11 Å². The number of carbonyl (C=O) groups is 1. The van der Waals surface area contributed by atoms with Gasteiger partial charge in [0.05, 0.1) is 19.3 Å². The molecule has 1 heterocycles. The van der Waals surface area contributed by atoms with Gasteiger partial charge in [-0.05, 0) is 18.4 Å². The average molecular weight is 292 g/mol. The van der Waals surface area contributed by atoms with Crippen molar-refractivity contribution in [2.45, 2.75) is 24.9 Å². The van der Waals surface area contributed by atoms with Crippen molar-refractivity contribution in [1.29, 1.82) is 0 Å². The molecule has 1 aliphatic rings. The van der Waals surface area contributed by atoms with Crippen molar-refractivity contribution in [2.24, 2.45) is 5.73 Å². The highest BCUT2D eigenvalue weighted by Gasteiger charge is 2.30. The predicted molar refractivity (Wildman–Crippen MR) is 80.9 cm³/mol. The molecule has 1 fully saturated rings. The van der Waals surface area contributed by atoms with Crippen LogP contribution in [0.3, 0.4) is 0 Å². The van der Waals surface area contributed by atoms with Crippen LogP contribution >= 0.6 is 0 Å². The Hall–Kier alpha value is -1.43. The molecule has 5 heteroatoms. The average Bonchev–Trinajstić information content (AvgIpc) is 3.03. The maximum Gasteiger partial charge on any atom is 0.242 e. The van der Waals surface area contributed by atoms with Crippen molar-refractivity contribution >= 4 is 5.91 Å². The normalized spacial score (nSPS) is 19.4. The fourth-order valence-electron chi connectivity index (χ4n) is 2.60. The van der Waals surface area contributed by atoms with Gasteiger partial charge < -0.3 is 20.1 Å². The number of benzene rings is 1. The molecule has 21 heavy (non-hydrogen) atoms. The SMILES string of the molecule is COCC(N)C(=O)N(CCc1ccccc1)C1CCOC1. The molecule has 5 nitrogen and oxygen atoms in total. The van der Waals surface area contributed by atoms with E-state index in [2.05, 4.69) is 12.1 Å². The Morgan fingerprint density at radius 1 is 1.48 bits per heavy atom. The standard InChI is InChI=1S/C16H24N2O3/c1-20-12-15(17)16(19)18(14-8-10-21-11-14)9-7-13-5-3-2-4-6-13/h2-6,14-15H,7-12,17H2,1H3. The second-order valence-electron chi connectivity index (χ2n) is 5.35. The van der Waals surface area contributed by atoms with Crippen molar-refractivity contribution in [2.75, 3.05) is 33.5 Å². The molecule has 0 saturated carbocycles. The molecule has 1 amide bonds. The number of methoxy groups -OCH3 is 1. The first-order valence-electron chi connectivity index (χ1n) is 7.39. The molecular weight excluding hydrogens is 268 g/mol. The fourth-order valence-corrected chi connectivity index (χ4v) is 2.60. The lowest BCUT2D eigenvalue weighted by atomic mass is 10.1. The van der Waals surface area contributed by atoms with Gasteiger partial charge in [-0.2, -0.15) is 0 Å². The second kappa shape index (κ2) is 8.12. The van der Waals surface area contributed by atoms with Crippen LogP contribution in [0.2, 0.25) is 0 Å². The number of nitrogens with two attached hydrogens (primary N) is 1. The van der Waals surface area contributed by atoms with Gasteiger partial charge in [0.15, 0.2) is 0 Å². The Morgan fingerprint density at radius 3 is 2.86 bits per heavy atom. The molecule has 0 aromatic heterocycles. The van der Waals surface area contributed by atoms with Gasteiger partial charge in [0.25, 0.3) is 0 Å². The predicted octanol–water partition coefficient (Wildman–Crippen LogP) is 0.820. The van der Waals surface area contributed by atoms with Gasteiger partial charge in [0.1, 0.15) is 6.04 Å². The first-order valence-corrected chi connectivity index (χ1v) is 7.39. The zero-order valence-corrected chi connectivity index (χ0v) is 12.5. The van der Waals surface area contributed by atoms with Crippen LogP contribution < -0.4 is 5.73 Å². The van der Waals surface area contributed by atoms with E-state index in [0.717, 1.165) is 12.8 Å². The quantitative estimate of drug-likeness (QED) is 0.808. The van der Waals surface area contributed by atoms with Gasteiger partial charge in [-0.3, -0.25) is 4.79 Å². The van der Waals surface area contributed by atoms with Crippen molar-refractivity contribution in [1.82, 2.24) is 4.90 Å². The third-order valence-corrected chi connectivity index (χ3v) is 3.78. The molecule has 0 spiro atoms. The lowest BCUT2D eigenvalue weighted by Gasteiger charge is -2.30. The van der Waals surface area contributed by atoms with Gasteiger partial charge in [0, 0.05) is 20.3 Å². The number of hydrogen-bond acceptors (Lipinski definition) is 4. The van der Waals surface area contributed by atoms with Gasteiger partial charge in [-0.15, -0.1) is 0 Å². The summed E-state index contributed by atoms with van der Waals surface area (Å²) in [6.45, 7) is 2.21. The maximum atomic E-state index is 12.5. The Morgan fingerprint density at radius 2 is 2.24 bits per heavy atom. The van der Waals surface area contributed by atoms with E-state index < -0.39 is 6.04 Å². The van der Waals surface area contributed by atoms with E-state index in [1.807, 2.05) is 23.1 Å². The molecule has 2 atom stereocenters. The highest BCUT2D eigenvalue weighted by Crippen LogP contribution is 2.15. The van der Waals surface area contributed by atoms with E-state index in [0.29, 0.717) is 19.8 Å². The fraction of sp³-hybridized carbons (Fsp3) is 0.562. The Kier molecular flexibility index (Phi) is 6.17. The minimum atomic E-state index is -0.605. The van der Waals surface area contributed by atoms with E-state index in [9.17, 15) is 4.79 Å². The van der Waals surface area contributed by atoms with Crippen LogP contribution in [0.4, 0.5) is 0 Å². The number of ether oxygens (including phenoxy) is 2. The molecule has 1 aromatic carbocycles. The summed E-state index contributed by atoms with van der Waals surface area (Å²) < 4.78 is 10.4. The van der Waals surface area contributed by atoms with E-state index in [-0.39, 0.29) is 18.6 Å². The Labute approximate surface area is 126 Å². The van der Waals surface area contributed by atoms with Gasteiger partial charge in [-0.25, -0.2) is 0 Å². The molecule has 0 aliphatic carbocycles. The second-order valence-corrected chi connectivity index (χ2v) is 5.35. The monoisotopic (exact) mass is 292 g/mol. The molecule has 2 N–H and O–H groups in total. The third kappa shape index (κ3) is 4.52. The first kappa shape index (κ1) is 15.9. The molecule has 2 rings (SSSR count). The summed E-state index contributed by atoms with van der Waals surface area (Å²) in [6, 6.07) is 9.68. The Bertz CT molecular complexity index is 432. The molecule has 2 unspecified atom stereocenters. The summed E-state index contributed by atoms with van der Waals surface area (Å²) in [6.07, 6.45) is 1.70. The van der Waals surface area contributed by atoms with Crippen molar-refractivity contribution in [3.63, 3.8) is 0 Å². The largest absolute Gasteiger partial charge is 0.383 e. The molecular formula is C16H24N2O3. The number of carbonyl (C=O) groups excluding carboxylic acids is 1. The van der Waals surface area contributed by atoms with Crippen LogP contribution in [0.15, 0.2) is 30.3 Å². The van der Waals surface area contributed by atoms with Crippen LogP contribution in [-0.2, 0) is 20.7 Å². The van der Waals surface area contributed by atoms with Crippen molar-refractivity contribution in [3.8, 4) is 0 Å². The number of hydrogen-bond donors (Lipinski definition) is 1. The van der Waals surface area contributed by atoms with Crippen LogP contribution in [0.5, 0.6) is 0 Å². The molecule has 0 bridgehead atoms. The highest BCUT2D eigenvalue weighted by molar-refractivity contribution is 5.82. The van der Waals surface area contributed by atoms with E-state index >= 15 is 0 Å². The Balaban J connectivity index is 1.99. The van der Waals surface area contributed by atoms with E-state index in [1.165, 1.54) is 5.56 Å². The lowest BCUT2D eigenvalue weighted by Crippen LogP contribution is -2.51. The van der Waals surface area contributed by atoms with Crippen LogP contribution in [-0.4, -0.2) is 56.4 Å². The van der Waals surface area contributed by atoms with E-state index in [4.69, 9.17) is 15.2 Å². The third-order valence-electron chi connectivity index (χ3n) is 3.78. The lowest BCUT2D eigenvalue weighted by molar-refractivity contribution is -0.136. The minimum absolute atomic E-state index is 0.0525. The highest BCUT2D eigenvalue weighted by atomic mass is 16.5. The zero-order chi connectivity index (χ0) is 15.1. The molecule has 0 radical (unpaired) electrons. The summed E-state index contributed by atoms with van der Waals surface area (Å²) in [7, 11) is 1.56. The van der Waals surface area contributed by atoms with Gasteiger partial charge >= 0.3 is 0 Å². The minimum Gasteiger partial charge on any atom is -0.383 e. The molecule has 1 aliphatic heterocycles. The summed E-state index contributed by atoms with van der Waals surface area (Å²) in [5.41, 5.74) is 7.13.